The van der Waals surface area contributed by atoms with E-state index in [1.54, 1.807) is 31.4 Å². The quantitative estimate of drug-likeness (QED) is 0.799. The average molecular weight is 418 g/mol. The molecule has 0 aromatic heterocycles. The lowest BCUT2D eigenvalue weighted by molar-refractivity contribution is -0.139. The summed E-state index contributed by atoms with van der Waals surface area (Å²) < 4.78 is 32.2. The zero-order valence-corrected chi connectivity index (χ0v) is 17.4. The lowest BCUT2D eigenvalue weighted by atomic mass is 9.95. The molecule has 1 amide bonds. The summed E-state index contributed by atoms with van der Waals surface area (Å²) in [6.45, 7) is 5.17. The number of amides is 1. The Labute approximate surface area is 167 Å². The molecule has 2 heterocycles. The molecule has 152 valence electrons. The van der Waals surface area contributed by atoms with Gasteiger partial charge in [0.2, 0.25) is 15.9 Å². The Morgan fingerprint density at radius 2 is 1.78 bits per heavy atom. The van der Waals surface area contributed by atoms with Crippen LogP contribution in [0.5, 0.6) is 5.75 Å². The number of carbonyl (C=O) groups excluding carboxylic acids is 1. The highest BCUT2D eigenvalue weighted by Crippen LogP contribution is 2.26. The second kappa shape index (κ2) is 9.23. The molecule has 0 saturated carbocycles. The van der Waals surface area contributed by atoms with E-state index in [1.807, 2.05) is 11.8 Å². The van der Waals surface area contributed by atoms with Gasteiger partial charge in [0.15, 0.2) is 0 Å². The molecule has 2 fully saturated rings. The van der Waals surface area contributed by atoms with Gasteiger partial charge in [0.05, 0.1) is 12.0 Å². The van der Waals surface area contributed by atoms with Gasteiger partial charge in [0, 0.05) is 44.7 Å². The number of benzene rings is 1. The zero-order valence-electron chi connectivity index (χ0n) is 15.8. The smallest absolute Gasteiger partial charge is 0.243 e. The Bertz CT molecular complexity index is 733. The first-order valence-electron chi connectivity index (χ1n) is 9.09. The van der Waals surface area contributed by atoms with Crippen molar-refractivity contribution in [3.8, 4) is 5.75 Å². The summed E-state index contributed by atoms with van der Waals surface area (Å²) in [6, 6.07) is 6.61. The van der Waals surface area contributed by atoms with Crippen LogP contribution in [0.1, 0.15) is 19.8 Å². The van der Waals surface area contributed by atoms with Crippen LogP contribution in [0.4, 0.5) is 0 Å². The molecule has 9 heteroatoms. The Kier molecular flexibility index (Phi) is 7.50. The summed E-state index contributed by atoms with van der Waals surface area (Å²) in [5.74, 6) is 0.705. The average Bonchev–Trinajstić information content (AvgIpc) is 2.68. The first kappa shape index (κ1) is 21.9. The van der Waals surface area contributed by atoms with Crippen LogP contribution < -0.4 is 10.1 Å². The van der Waals surface area contributed by atoms with Crippen LogP contribution in [0, 0.1) is 5.92 Å². The van der Waals surface area contributed by atoms with Crippen LogP contribution >= 0.6 is 12.4 Å². The number of ether oxygens (including phenoxy) is 1. The van der Waals surface area contributed by atoms with Gasteiger partial charge < -0.3 is 15.0 Å². The number of piperidine rings is 1. The summed E-state index contributed by atoms with van der Waals surface area (Å²) in [6.07, 6.45) is 1.15. The molecule has 3 rings (SSSR count). The number of methoxy groups -OCH3 is 1. The number of hydrogen-bond donors (Lipinski definition) is 1. The molecule has 2 saturated heterocycles. The summed E-state index contributed by atoms with van der Waals surface area (Å²) in [7, 11) is -1.98. The van der Waals surface area contributed by atoms with Crippen molar-refractivity contribution in [1.82, 2.24) is 14.5 Å². The van der Waals surface area contributed by atoms with E-state index < -0.39 is 10.0 Å². The Hall–Kier alpha value is -1.35. The fourth-order valence-corrected chi connectivity index (χ4v) is 5.11. The number of hydrogen-bond acceptors (Lipinski definition) is 5. The van der Waals surface area contributed by atoms with Crippen molar-refractivity contribution in [3.63, 3.8) is 0 Å². The molecule has 1 atom stereocenters. The second-order valence-corrected chi connectivity index (χ2v) is 8.88. The van der Waals surface area contributed by atoms with Crippen molar-refractivity contribution in [2.45, 2.75) is 30.7 Å². The maximum atomic E-state index is 12.8. The largest absolute Gasteiger partial charge is 0.497 e. The fraction of sp³-hybridized carbons (Fsp3) is 0.611. The molecule has 0 aliphatic carbocycles. The maximum Gasteiger partial charge on any atom is 0.243 e. The van der Waals surface area contributed by atoms with Crippen LogP contribution in [-0.4, -0.2) is 69.4 Å². The van der Waals surface area contributed by atoms with Gasteiger partial charge in [-0.05, 0) is 44.0 Å². The molecule has 0 spiro atoms. The van der Waals surface area contributed by atoms with Gasteiger partial charge in [-0.3, -0.25) is 4.79 Å². The summed E-state index contributed by atoms with van der Waals surface area (Å²) in [5, 5.41) is 3.29. The molecule has 1 N–H and O–H groups in total. The van der Waals surface area contributed by atoms with E-state index in [1.165, 1.54) is 4.31 Å². The third kappa shape index (κ3) is 4.74. The molecule has 1 aromatic rings. The zero-order chi connectivity index (χ0) is 18.7. The number of carbonyl (C=O) groups is 1. The third-order valence-electron chi connectivity index (χ3n) is 5.28. The first-order chi connectivity index (χ1) is 12.4. The first-order valence-corrected chi connectivity index (χ1v) is 10.5. The van der Waals surface area contributed by atoms with Crippen LogP contribution in [0.2, 0.25) is 0 Å². The lowest BCUT2D eigenvalue weighted by Crippen LogP contribution is -2.55. The molecule has 1 aromatic carbocycles. The normalized spacial score (nSPS) is 22.1. The molecule has 0 bridgehead atoms. The fourth-order valence-electron chi connectivity index (χ4n) is 3.64. The van der Waals surface area contributed by atoms with Gasteiger partial charge in [-0.2, -0.15) is 4.31 Å². The summed E-state index contributed by atoms with van der Waals surface area (Å²) in [5.41, 5.74) is 0. The topological polar surface area (TPSA) is 79.0 Å². The van der Waals surface area contributed by atoms with Gasteiger partial charge in [-0.1, -0.05) is 0 Å². The number of nitrogens with one attached hydrogen (secondary N) is 1. The standard InChI is InChI=1S/C18H27N3O4S.ClH/c1-14-13-19-9-12-21(14)18(22)15-7-10-20(11-8-15)26(23,24)17-5-3-16(25-2)4-6-17;/h3-6,14-15,19H,7-13H2,1-2H3;1H/t14-;/m1./s1. The predicted molar refractivity (Wildman–Crippen MR) is 106 cm³/mol. The Morgan fingerprint density at radius 3 is 2.33 bits per heavy atom. The van der Waals surface area contributed by atoms with E-state index in [2.05, 4.69) is 5.32 Å². The van der Waals surface area contributed by atoms with Crippen molar-refractivity contribution in [1.29, 1.82) is 0 Å². The number of halogens is 1. The van der Waals surface area contributed by atoms with Crippen LogP contribution in [0.15, 0.2) is 29.2 Å². The monoisotopic (exact) mass is 417 g/mol. The van der Waals surface area contributed by atoms with E-state index in [4.69, 9.17) is 4.74 Å². The SMILES string of the molecule is COc1ccc(S(=O)(=O)N2CCC(C(=O)N3CCNC[C@H]3C)CC2)cc1.Cl. The molecular formula is C18H28ClN3O4S. The lowest BCUT2D eigenvalue weighted by Gasteiger charge is -2.38. The molecule has 2 aliphatic rings. The van der Waals surface area contributed by atoms with Crippen molar-refractivity contribution in [3.05, 3.63) is 24.3 Å². The van der Waals surface area contributed by atoms with Crippen LogP contribution in [0.25, 0.3) is 0 Å². The minimum absolute atomic E-state index is 0. The van der Waals surface area contributed by atoms with Gasteiger partial charge in [-0.15, -0.1) is 12.4 Å². The molecule has 0 radical (unpaired) electrons. The number of piperazine rings is 1. The van der Waals surface area contributed by atoms with Crippen molar-refractivity contribution >= 4 is 28.3 Å². The van der Waals surface area contributed by atoms with Gasteiger partial charge in [-0.25, -0.2) is 8.42 Å². The highest BCUT2D eigenvalue weighted by Gasteiger charge is 2.35. The molecular weight excluding hydrogens is 390 g/mol. The Balaban J connectivity index is 0.00000261. The van der Waals surface area contributed by atoms with Crippen LogP contribution in [0.3, 0.4) is 0 Å². The van der Waals surface area contributed by atoms with Crippen molar-refractivity contribution in [2.75, 3.05) is 39.8 Å². The van der Waals surface area contributed by atoms with Crippen LogP contribution in [-0.2, 0) is 14.8 Å². The number of nitrogens with zero attached hydrogens (tertiary/aromatic N) is 2. The van der Waals surface area contributed by atoms with E-state index >= 15 is 0 Å². The van der Waals surface area contributed by atoms with E-state index in [0.717, 1.165) is 19.6 Å². The van der Waals surface area contributed by atoms with E-state index in [0.29, 0.717) is 31.7 Å². The van der Waals surface area contributed by atoms with E-state index in [9.17, 15) is 13.2 Å². The minimum atomic E-state index is -3.53. The van der Waals surface area contributed by atoms with E-state index in [-0.39, 0.29) is 35.2 Å². The summed E-state index contributed by atoms with van der Waals surface area (Å²) in [4.78, 5) is 15.0. The van der Waals surface area contributed by atoms with Gasteiger partial charge >= 0.3 is 0 Å². The second-order valence-electron chi connectivity index (χ2n) is 6.94. The molecule has 7 nitrogen and oxygen atoms in total. The van der Waals surface area contributed by atoms with Gasteiger partial charge in [0.25, 0.3) is 0 Å². The molecule has 27 heavy (non-hydrogen) atoms. The highest BCUT2D eigenvalue weighted by molar-refractivity contribution is 7.89. The number of rotatable bonds is 4. The van der Waals surface area contributed by atoms with Crippen molar-refractivity contribution in [2.24, 2.45) is 5.92 Å². The predicted octanol–water partition coefficient (Wildman–Crippen LogP) is 1.34. The number of sulfonamides is 1. The maximum absolute atomic E-state index is 12.8. The highest BCUT2D eigenvalue weighted by atomic mass is 35.5. The Morgan fingerprint density at radius 1 is 1.15 bits per heavy atom. The molecule has 2 aliphatic heterocycles. The summed E-state index contributed by atoms with van der Waals surface area (Å²) >= 11 is 0. The molecule has 0 unspecified atom stereocenters. The van der Waals surface area contributed by atoms with Gasteiger partial charge in [0.1, 0.15) is 5.75 Å². The van der Waals surface area contributed by atoms with Crippen molar-refractivity contribution < 1.29 is 17.9 Å². The minimum Gasteiger partial charge on any atom is -0.497 e. The third-order valence-corrected chi connectivity index (χ3v) is 7.20.